The van der Waals surface area contributed by atoms with Crippen LogP contribution < -0.4 is 4.74 Å². The summed E-state index contributed by atoms with van der Waals surface area (Å²) < 4.78 is 7.99. The molecule has 0 N–H and O–H groups in total. The first-order chi connectivity index (χ1) is 16.8. The third-order valence-corrected chi connectivity index (χ3v) is 7.65. The van der Waals surface area contributed by atoms with E-state index < -0.39 is 0 Å². The van der Waals surface area contributed by atoms with E-state index in [1.165, 1.54) is 24.8 Å². The van der Waals surface area contributed by atoms with Crippen LogP contribution in [-0.4, -0.2) is 69.8 Å². The van der Waals surface area contributed by atoms with Gasteiger partial charge in [0.05, 0.1) is 0 Å². The van der Waals surface area contributed by atoms with Gasteiger partial charge in [0.25, 0.3) is 0 Å². The number of nitrogens with zero attached hydrogens (tertiary/aromatic N) is 5. The Labute approximate surface area is 210 Å². The molecule has 1 aromatic carbocycles. The smallest absolute Gasteiger partial charge is 0.244 e. The van der Waals surface area contributed by atoms with Crippen LogP contribution in [-0.2, 0) is 17.8 Å². The molecule has 192 valence electrons. The molecule has 3 heterocycles. The molecule has 7 nitrogen and oxygen atoms in total. The van der Waals surface area contributed by atoms with Crippen molar-refractivity contribution < 1.29 is 9.53 Å². The fourth-order valence-corrected chi connectivity index (χ4v) is 5.83. The Kier molecular flexibility index (Phi) is 8.47. The van der Waals surface area contributed by atoms with Gasteiger partial charge in [-0.05, 0) is 68.9 Å². The molecule has 0 atom stereocenters. The highest BCUT2D eigenvalue weighted by molar-refractivity contribution is 5.76. The molecule has 2 aliphatic rings. The van der Waals surface area contributed by atoms with Crippen LogP contribution >= 0.6 is 0 Å². The molecular weight excluding hydrogens is 438 g/mol. The Morgan fingerprint density at radius 3 is 2.57 bits per heavy atom. The zero-order chi connectivity index (χ0) is 24.8. The van der Waals surface area contributed by atoms with Gasteiger partial charge in [-0.1, -0.05) is 38.5 Å². The van der Waals surface area contributed by atoms with Crippen molar-refractivity contribution in [3.8, 4) is 5.75 Å². The molecule has 2 aliphatic heterocycles. The van der Waals surface area contributed by atoms with E-state index in [9.17, 15) is 4.79 Å². The number of carbonyl (C=O) groups excluding carboxylic acids is 1. The summed E-state index contributed by atoms with van der Waals surface area (Å²) in [5, 5.41) is 4.38. The van der Waals surface area contributed by atoms with Gasteiger partial charge in [0.1, 0.15) is 30.5 Å². The molecule has 2 aromatic rings. The van der Waals surface area contributed by atoms with Crippen LogP contribution in [0, 0.1) is 25.2 Å². The second-order valence-electron chi connectivity index (χ2n) is 11.0. The summed E-state index contributed by atoms with van der Waals surface area (Å²) in [6, 6.07) is 8.52. The summed E-state index contributed by atoms with van der Waals surface area (Å²) in [6.07, 6.45) is 6.84. The number of rotatable bonds is 4. The van der Waals surface area contributed by atoms with E-state index in [4.69, 9.17) is 4.74 Å². The van der Waals surface area contributed by atoms with E-state index in [0.717, 1.165) is 76.0 Å². The molecule has 1 spiro atoms. The fraction of sp³-hybridized carbons (Fsp3) is 0.679. The van der Waals surface area contributed by atoms with Crippen LogP contribution in [0.4, 0.5) is 0 Å². The van der Waals surface area contributed by atoms with Crippen molar-refractivity contribution in [2.75, 3.05) is 39.3 Å². The molecule has 0 bridgehead atoms. The number of amides is 1. The lowest BCUT2D eigenvalue weighted by atomic mass is 9.73. The topological polar surface area (TPSA) is 63.5 Å². The van der Waals surface area contributed by atoms with Gasteiger partial charge >= 0.3 is 0 Å². The first kappa shape index (κ1) is 25.7. The number of carbonyl (C=O) groups is 1. The molecule has 0 saturated carbocycles. The first-order valence-corrected chi connectivity index (χ1v) is 13.4. The van der Waals surface area contributed by atoms with Crippen molar-refractivity contribution in [1.82, 2.24) is 24.6 Å². The maximum absolute atomic E-state index is 13.0. The summed E-state index contributed by atoms with van der Waals surface area (Å²) in [5.41, 5.74) is 1.60. The van der Waals surface area contributed by atoms with Crippen LogP contribution in [0.25, 0.3) is 0 Å². The second kappa shape index (κ2) is 11.5. The van der Waals surface area contributed by atoms with Gasteiger partial charge in [-0.3, -0.25) is 9.69 Å². The zero-order valence-corrected chi connectivity index (χ0v) is 22.1. The van der Waals surface area contributed by atoms with Crippen molar-refractivity contribution in [2.45, 2.75) is 72.8 Å². The maximum atomic E-state index is 13.0. The van der Waals surface area contributed by atoms with Crippen LogP contribution in [0.1, 0.15) is 63.2 Å². The van der Waals surface area contributed by atoms with E-state index >= 15 is 0 Å². The second-order valence-corrected chi connectivity index (χ2v) is 11.0. The van der Waals surface area contributed by atoms with Gasteiger partial charge in [-0.25, -0.2) is 9.67 Å². The molecular formula is C28H43N5O2. The highest BCUT2D eigenvalue weighted by Crippen LogP contribution is 2.38. The SMILES string of the molecule is Cc1nc(C)n(CC(=O)N2CCC3(CCCCc4ccccc4OCCN(CC(C)C)C3)CC2)n1. The molecule has 35 heavy (non-hydrogen) atoms. The van der Waals surface area contributed by atoms with Crippen molar-refractivity contribution in [2.24, 2.45) is 11.3 Å². The Morgan fingerprint density at radius 1 is 1.09 bits per heavy atom. The summed E-state index contributed by atoms with van der Waals surface area (Å²) in [6.45, 7) is 14.2. The van der Waals surface area contributed by atoms with Gasteiger partial charge in [-0.15, -0.1) is 0 Å². The number of aryl methyl sites for hydroxylation is 3. The third kappa shape index (κ3) is 6.84. The van der Waals surface area contributed by atoms with E-state index in [-0.39, 0.29) is 17.9 Å². The van der Waals surface area contributed by atoms with Gasteiger partial charge < -0.3 is 9.64 Å². The van der Waals surface area contributed by atoms with Crippen LogP contribution in [0.15, 0.2) is 24.3 Å². The number of aromatic nitrogens is 3. The van der Waals surface area contributed by atoms with Crippen LogP contribution in [0.5, 0.6) is 5.75 Å². The van der Waals surface area contributed by atoms with E-state index in [0.29, 0.717) is 5.92 Å². The van der Waals surface area contributed by atoms with Crippen LogP contribution in [0.2, 0.25) is 0 Å². The quantitative estimate of drug-likeness (QED) is 0.653. The number of piperidine rings is 1. The number of hydrogen-bond acceptors (Lipinski definition) is 5. The third-order valence-electron chi connectivity index (χ3n) is 7.65. The monoisotopic (exact) mass is 481 g/mol. The van der Waals surface area contributed by atoms with Gasteiger partial charge in [-0.2, -0.15) is 5.10 Å². The van der Waals surface area contributed by atoms with E-state index in [1.807, 2.05) is 18.7 Å². The van der Waals surface area contributed by atoms with Crippen molar-refractivity contribution in [3.63, 3.8) is 0 Å². The molecule has 1 aromatic heterocycles. The average Bonchev–Trinajstić information content (AvgIpc) is 3.13. The molecule has 0 aliphatic carbocycles. The van der Waals surface area contributed by atoms with Crippen molar-refractivity contribution in [3.05, 3.63) is 41.5 Å². The highest BCUT2D eigenvalue weighted by atomic mass is 16.5. The minimum absolute atomic E-state index is 0.157. The lowest BCUT2D eigenvalue weighted by molar-refractivity contribution is -0.134. The minimum Gasteiger partial charge on any atom is -0.492 e. The lowest BCUT2D eigenvalue weighted by Crippen LogP contribution is -2.49. The largest absolute Gasteiger partial charge is 0.492 e. The predicted octanol–water partition coefficient (Wildman–Crippen LogP) is 4.27. The predicted molar refractivity (Wildman–Crippen MR) is 139 cm³/mol. The molecule has 1 amide bonds. The summed E-state index contributed by atoms with van der Waals surface area (Å²) >= 11 is 0. The van der Waals surface area contributed by atoms with Crippen molar-refractivity contribution in [1.29, 1.82) is 0 Å². The maximum Gasteiger partial charge on any atom is 0.244 e. The molecule has 1 saturated heterocycles. The van der Waals surface area contributed by atoms with Crippen molar-refractivity contribution >= 4 is 5.91 Å². The molecule has 4 rings (SSSR count). The number of fused-ring (bicyclic) bond motifs is 1. The molecule has 0 unspecified atom stereocenters. The summed E-state index contributed by atoms with van der Waals surface area (Å²) in [5.74, 6) is 3.35. The van der Waals surface area contributed by atoms with E-state index in [2.05, 4.69) is 53.1 Å². The zero-order valence-electron chi connectivity index (χ0n) is 22.1. The number of ether oxygens (including phenoxy) is 1. The number of para-hydroxylation sites is 1. The number of benzene rings is 1. The minimum atomic E-state index is 0.157. The normalized spacial score (nSPS) is 19.6. The Morgan fingerprint density at radius 2 is 1.86 bits per heavy atom. The summed E-state index contributed by atoms with van der Waals surface area (Å²) in [4.78, 5) is 22.0. The number of hydrogen-bond donors (Lipinski definition) is 0. The number of likely N-dealkylation sites (tertiary alicyclic amines) is 1. The highest BCUT2D eigenvalue weighted by Gasteiger charge is 2.37. The Hall–Kier alpha value is -2.41. The van der Waals surface area contributed by atoms with Gasteiger partial charge in [0.15, 0.2) is 0 Å². The van der Waals surface area contributed by atoms with E-state index in [1.54, 1.807) is 4.68 Å². The lowest BCUT2D eigenvalue weighted by Gasteiger charge is -2.45. The van der Waals surface area contributed by atoms with Gasteiger partial charge in [0, 0.05) is 32.7 Å². The standard InChI is InChI=1S/C28H43N5O2/c1-22(2)19-31-17-18-35-26-11-6-5-9-25(26)10-7-8-12-28(21-31)13-15-32(16-14-28)27(34)20-33-24(4)29-23(3)30-33/h5-6,9,11,22H,7-8,10,12-21H2,1-4H3. The van der Waals surface area contributed by atoms with Crippen LogP contribution in [0.3, 0.4) is 0 Å². The Bertz CT molecular complexity index is 977. The molecule has 0 radical (unpaired) electrons. The molecule has 1 fully saturated rings. The summed E-state index contributed by atoms with van der Waals surface area (Å²) in [7, 11) is 0. The van der Waals surface area contributed by atoms with Gasteiger partial charge in [0.2, 0.25) is 5.91 Å². The first-order valence-electron chi connectivity index (χ1n) is 13.4. The Balaban J connectivity index is 1.43. The average molecular weight is 482 g/mol. The fourth-order valence-electron chi connectivity index (χ4n) is 5.83. The molecule has 7 heteroatoms.